The Balaban J connectivity index is 1.96. The van der Waals surface area contributed by atoms with Crippen LogP contribution in [0.15, 0.2) is 42.5 Å². The second-order valence-corrected chi connectivity index (χ2v) is 6.23. The Bertz CT molecular complexity index is 971. The lowest BCUT2D eigenvalue weighted by atomic mass is 10.2. The average molecular weight is 394 g/mol. The molecule has 0 aliphatic rings. The van der Waals surface area contributed by atoms with Crippen molar-refractivity contribution >= 4 is 34.8 Å². The fourth-order valence-electron chi connectivity index (χ4n) is 2.47. The van der Waals surface area contributed by atoms with Crippen LogP contribution >= 0.6 is 23.2 Å². The number of rotatable bonds is 4. The lowest BCUT2D eigenvalue weighted by Gasteiger charge is -2.10. The Labute approximate surface area is 159 Å². The Morgan fingerprint density at radius 3 is 2.54 bits per heavy atom. The first-order chi connectivity index (χ1) is 12.4. The molecule has 1 aromatic heterocycles. The number of nitrogens with one attached hydrogen (secondary N) is 1. The third kappa shape index (κ3) is 3.52. The monoisotopic (exact) mass is 393 g/mol. The lowest BCUT2D eigenvalue weighted by molar-refractivity contribution is 0.102. The van der Waals surface area contributed by atoms with E-state index < -0.39 is 5.91 Å². The number of hydrogen-bond donors (Lipinski definition) is 1. The minimum Gasteiger partial charge on any atom is -0.495 e. The van der Waals surface area contributed by atoms with Crippen LogP contribution in [0.5, 0.6) is 5.75 Å². The van der Waals surface area contributed by atoms with Crippen LogP contribution < -0.4 is 10.1 Å². The van der Waals surface area contributed by atoms with Gasteiger partial charge in [0.2, 0.25) is 0 Å². The molecule has 0 bridgehead atoms. The number of nitrogens with zero attached hydrogens (tertiary/aromatic N) is 2. The maximum Gasteiger partial charge on any atom is 0.260 e. The van der Waals surface area contributed by atoms with E-state index in [2.05, 4.69) is 10.4 Å². The van der Waals surface area contributed by atoms with Gasteiger partial charge in [0.25, 0.3) is 5.91 Å². The van der Waals surface area contributed by atoms with E-state index >= 15 is 0 Å². The predicted octanol–water partition coefficient (Wildman–Crippen LogP) is 4.89. The van der Waals surface area contributed by atoms with Crippen LogP contribution in [0.25, 0.3) is 5.69 Å². The number of hydrogen-bond acceptors (Lipinski definition) is 3. The molecule has 5 nitrogen and oxygen atoms in total. The van der Waals surface area contributed by atoms with E-state index in [0.717, 1.165) is 0 Å². The number of methoxy groups -OCH3 is 1. The van der Waals surface area contributed by atoms with E-state index in [-0.39, 0.29) is 16.5 Å². The first-order valence-corrected chi connectivity index (χ1v) is 8.32. The van der Waals surface area contributed by atoms with Crippen LogP contribution in [0.2, 0.25) is 10.2 Å². The van der Waals surface area contributed by atoms with Gasteiger partial charge in [0.15, 0.2) is 0 Å². The molecule has 0 saturated heterocycles. The van der Waals surface area contributed by atoms with Crippen molar-refractivity contribution in [3.8, 4) is 11.4 Å². The van der Waals surface area contributed by atoms with Gasteiger partial charge in [-0.3, -0.25) is 4.79 Å². The summed E-state index contributed by atoms with van der Waals surface area (Å²) in [5.41, 5.74) is 1.59. The summed E-state index contributed by atoms with van der Waals surface area (Å²) in [5, 5.41) is 7.57. The summed E-state index contributed by atoms with van der Waals surface area (Å²) in [6, 6.07) is 10.5. The minimum atomic E-state index is -0.457. The van der Waals surface area contributed by atoms with Crippen LogP contribution in [0.3, 0.4) is 0 Å². The van der Waals surface area contributed by atoms with Crippen molar-refractivity contribution in [1.82, 2.24) is 9.78 Å². The average Bonchev–Trinajstić information content (AvgIpc) is 2.90. The first-order valence-electron chi connectivity index (χ1n) is 7.56. The van der Waals surface area contributed by atoms with Crippen molar-refractivity contribution in [2.45, 2.75) is 6.92 Å². The Morgan fingerprint density at radius 2 is 1.88 bits per heavy atom. The molecule has 26 heavy (non-hydrogen) atoms. The van der Waals surface area contributed by atoms with Crippen molar-refractivity contribution in [2.75, 3.05) is 12.4 Å². The number of carbonyl (C=O) groups is 1. The quantitative estimate of drug-likeness (QED) is 0.686. The van der Waals surface area contributed by atoms with E-state index in [1.165, 1.54) is 36.1 Å². The topological polar surface area (TPSA) is 56.1 Å². The third-order valence-electron chi connectivity index (χ3n) is 3.71. The van der Waals surface area contributed by atoms with Crippen molar-refractivity contribution < 1.29 is 13.9 Å². The molecule has 0 radical (unpaired) electrons. The fraction of sp³-hybridized carbons (Fsp3) is 0.111. The Morgan fingerprint density at radius 1 is 1.19 bits per heavy atom. The maximum atomic E-state index is 13.1. The number of aromatic nitrogens is 2. The summed E-state index contributed by atoms with van der Waals surface area (Å²) >= 11 is 12.3. The molecule has 0 saturated carbocycles. The smallest absolute Gasteiger partial charge is 0.260 e. The molecule has 3 rings (SSSR count). The van der Waals surface area contributed by atoms with Gasteiger partial charge >= 0.3 is 0 Å². The largest absolute Gasteiger partial charge is 0.495 e. The summed E-state index contributed by atoms with van der Waals surface area (Å²) < 4.78 is 19.7. The number of anilines is 1. The highest BCUT2D eigenvalue weighted by molar-refractivity contribution is 6.34. The summed E-state index contributed by atoms with van der Waals surface area (Å²) in [6.45, 7) is 1.66. The first kappa shape index (κ1) is 18.2. The van der Waals surface area contributed by atoms with Gasteiger partial charge in [0.1, 0.15) is 22.3 Å². The zero-order valence-electron chi connectivity index (χ0n) is 13.9. The molecule has 2 aromatic carbocycles. The molecule has 0 fully saturated rings. The standard InChI is InChI=1S/C18H14Cl2FN3O2/c1-10-16(17(20)24(23-10)13-6-4-12(21)5-7-13)18(25)22-14-9-11(19)3-8-15(14)26-2/h3-9H,1-2H3,(H,22,25). The molecular formula is C18H14Cl2FN3O2. The highest BCUT2D eigenvalue weighted by atomic mass is 35.5. The third-order valence-corrected chi connectivity index (χ3v) is 4.30. The van der Waals surface area contributed by atoms with Crippen molar-refractivity contribution in [3.63, 3.8) is 0 Å². The molecule has 0 spiro atoms. The van der Waals surface area contributed by atoms with Gasteiger partial charge in [-0.1, -0.05) is 23.2 Å². The number of benzene rings is 2. The van der Waals surface area contributed by atoms with E-state index in [1.807, 2.05) is 0 Å². The molecule has 134 valence electrons. The Hall–Kier alpha value is -2.57. The van der Waals surface area contributed by atoms with Crippen molar-refractivity contribution in [3.05, 3.63) is 69.7 Å². The van der Waals surface area contributed by atoms with Gasteiger partial charge in [0.05, 0.1) is 24.2 Å². The Kier molecular flexibility index (Phi) is 5.15. The molecule has 0 aliphatic carbocycles. The van der Waals surface area contributed by atoms with E-state index in [0.29, 0.717) is 27.8 Å². The molecular weight excluding hydrogens is 380 g/mol. The maximum absolute atomic E-state index is 13.1. The zero-order valence-corrected chi connectivity index (χ0v) is 15.4. The second kappa shape index (κ2) is 7.35. The number of aryl methyl sites for hydroxylation is 1. The van der Waals surface area contributed by atoms with Crippen LogP contribution in [0.1, 0.15) is 16.1 Å². The highest BCUT2D eigenvalue weighted by Gasteiger charge is 2.22. The second-order valence-electron chi connectivity index (χ2n) is 5.44. The summed E-state index contributed by atoms with van der Waals surface area (Å²) in [6.07, 6.45) is 0. The lowest BCUT2D eigenvalue weighted by Crippen LogP contribution is -2.14. The molecule has 1 amide bonds. The van der Waals surface area contributed by atoms with Crippen LogP contribution in [-0.4, -0.2) is 22.8 Å². The van der Waals surface area contributed by atoms with Gasteiger partial charge in [0, 0.05) is 5.02 Å². The van der Waals surface area contributed by atoms with Crippen molar-refractivity contribution in [2.24, 2.45) is 0 Å². The zero-order chi connectivity index (χ0) is 18.8. The molecule has 3 aromatic rings. The highest BCUT2D eigenvalue weighted by Crippen LogP contribution is 2.30. The van der Waals surface area contributed by atoms with E-state index in [1.54, 1.807) is 25.1 Å². The predicted molar refractivity (Wildman–Crippen MR) is 99.2 cm³/mol. The van der Waals surface area contributed by atoms with Gasteiger partial charge in [-0.15, -0.1) is 0 Å². The SMILES string of the molecule is COc1ccc(Cl)cc1NC(=O)c1c(C)nn(-c2ccc(F)cc2)c1Cl. The van der Waals surface area contributed by atoms with Gasteiger partial charge in [-0.05, 0) is 49.4 Å². The molecule has 0 atom stereocenters. The molecule has 1 heterocycles. The number of ether oxygens (including phenoxy) is 1. The normalized spacial score (nSPS) is 10.7. The number of amides is 1. The van der Waals surface area contributed by atoms with E-state index in [9.17, 15) is 9.18 Å². The van der Waals surface area contributed by atoms with Crippen LogP contribution in [0.4, 0.5) is 10.1 Å². The number of carbonyl (C=O) groups excluding carboxylic acids is 1. The summed E-state index contributed by atoms with van der Waals surface area (Å²) in [4.78, 5) is 12.7. The summed E-state index contributed by atoms with van der Waals surface area (Å²) in [5.74, 6) is -0.372. The van der Waals surface area contributed by atoms with Gasteiger partial charge < -0.3 is 10.1 Å². The van der Waals surface area contributed by atoms with Crippen LogP contribution in [-0.2, 0) is 0 Å². The minimum absolute atomic E-state index is 0.118. The van der Waals surface area contributed by atoms with Gasteiger partial charge in [-0.2, -0.15) is 5.10 Å². The fourth-order valence-corrected chi connectivity index (χ4v) is 3.00. The molecule has 8 heteroatoms. The molecule has 0 unspecified atom stereocenters. The summed E-state index contributed by atoms with van der Waals surface area (Å²) in [7, 11) is 1.49. The van der Waals surface area contributed by atoms with Crippen molar-refractivity contribution in [1.29, 1.82) is 0 Å². The van der Waals surface area contributed by atoms with Gasteiger partial charge in [-0.25, -0.2) is 9.07 Å². The van der Waals surface area contributed by atoms with E-state index in [4.69, 9.17) is 27.9 Å². The molecule has 0 aliphatic heterocycles. The van der Waals surface area contributed by atoms with Crippen LogP contribution in [0, 0.1) is 12.7 Å². The molecule has 1 N–H and O–H groups in total. The number of halogens is 3.